The fraction of sp³-hybridized carbons (Fsp3) is 0.0625. The zero-order valence-corrected chi connectivity index (χ0v) is 11.5. The van der Waals surface area contributed by atoms with Gasteiger partial charge in [0.2, 0.25) is 5.76 Å². The van der Waals surface area contributed by atoms with E-state index in [1.165, 1.54) is 6.07 Å². The van der Waals surface area contributed by atoms with E-state index in [0.29, 0.717) is 27.3 Å². The number of benzene rings is 2. The Hall–Kier alpha value is -2.51. The fourth-order valence-corrected chi connectivity index (χ4v) is 2.19. The standard InChI is InChI=1S/C16H9ClFNO2/c17-11-6-5-10(13(18)7-11)9-20-16-12-3-1-2-4-14(12)21-15(16)8-19/h1-7H,9H2. The van der Waals surface area contributed by atoms with E-state index in [9.17, 15) is 4.39 Å². The Bertz CT molecular complexity index is 851. The monoisotopic (exact) mass is 301 g/mol. The third kappa shape index (κ3) is 2.56. The number of nitrogens with zero attached hydrogens (tertiary/aromatic N) is 1. The van der Waals surface area contributed by atoms with Crippen LogP contribution in [0.1, 0.15) is 11.3 Å². The van der Waals surface area contributed by atoms with Gasteiger partial charge in [0.1, 0.15) is 24.1 Å². The molecule has 3 aromatic rings. The highest BCUT2D eigenvalue weighted by molar-refractivity contribution is 6.30. The van der Waals surface area contributed by atoms with Crippen molar-refractivity contribution in [1.82, 2.24) is 0 Å². The summed E-state index contributed by atoms with van der Waals surface area (Å²) in [5.74, 6) is -0.0539. The topological polar surface area (TPSA) is 46.2 Å². The Morgan fingerprint density at radius 1 is 1.24 bits per heavy atom. The molecule has 0 N–H and O–H groups in total. The molecule has 0 aliphatic heterocycles. The van der Waals surface area contributed by atoms with Crippen LogP contribution in [0.3, 0.4) is 0 Å². The number of fused-ring (bicyclic) bond motifs is 1. The number of rotatable bonds is 3. The van der Waals surface area contributed by atoms with Gasteiger partial charge in [0.25, 0.3) is 0 Å². The van der Waals surface area contributed by atoms with Crippen molar-refractivity contribution in [2.45, 2.75) is 6.61 Å². The van der Waals surface area contributed by atoms with Gasteiger partial charge in [0.05, 0.1) is 5.39 Å². The van der Waals surface area contributed by atoms with Crippen LogP contribution in [0.4, 0.5) is 4.39 Å². The second kappa shape index (κ2) is 5.47. The molecule has 21 heavy (non-hydrogen) atoms. The molecule has 5 heteroatoms. The van der Waals surface area contributed by atoms with E-state index in [-0.39, 0.29) is 12.4 Å². The molecule has 0 radical (unpaired) electrons. The van der Waals surface area contributed by atoms with E-state index < -0.39 is 5.82 Å². The molecule has 2 aromatic carbocycles. The van der Waals surface area contributed by atoms with Crippen LogP contribution in [0.15, 0.2) is 46.9 Å². The van der Waals surface area contributed by atoms with E-state index in [0.717, 1.165) is 0 Å². The Kier molecular flexibility index (Phi) is 3.51. The minimum Gasteiger partial charge on any atom is -0.483 e. The maximum Gasteiger partial charge on any atom is 0.246 e. The van der Waals surface area contributed by atoms with Crippen molar-refractivity contribution < 1.29 is 13.5 Å². The molecule has 1 aromatic heterocycles. The van der Waals surface area contributed by atoms with Gasteiger partial charge in [-0.2, -0.15) is 5.26 Å². The van der Waals surface area contributed by atoms with Crippen LogP contribution in [0.2, 0.25) is 5.02 Å². The summed E-state index contributed by atoms with van der Waals surface area (Å²) in [5, 5.41) is 10.1. The molecule has 104 valence electrons. The van der Waals surface area contributed by atoms with Gasteiger partial charge in [-0.25, -0.2) is 4.39 Å². The summed E-state index contributed by atoms with van der Waals surface area (Å²) < 4.78 is 24.7. The first-order valence-electron chi connectivity index (χ1n) is 6.17. The lowest BCUT2D eigenvalue weighted by molar-refractivity contribution is 0.297. The molecule has 0 unspecified atom stereocenters. The first kappa shape index (κ1) is 13.5. The molecule has 0 aliphatic carbocycles. The van der Waals surface area contributed by atoms with Crippen molar-refractivity contribution in [2.75, 3.05) is 0 Å². The van der Waals surface area contributed by atoms with Gasteiger partial charge in [-0.05, 0) is 24.3 Å². The third-order valence-electron chi connectivity index (χ3n) is 3.04. The van der Waals surface area contributed by atoms with Crippen LogP contribution in [-0.2, 0) is 6.61 Å². The average Bonchev–Trinajstić information content (AvgIpc) is 2.84. The van der Waals surface area contributed by atoms with Crippen molar-refractivity contribution in [3.05, 3.63) is 64.6 Å². The van der Waals surface area contributed by atoms with Gasteiger partial charge < -0.3 is 9.15 Å². The molecule has 0 atom stereocenters. The number of ether oxygens (including phenoxy) is 1. The highest BCUT2D eigenvalue weighted by atomic mass is 35.5. The molecule has 3 nitrogen and oxygen atoms in total. The van der Waals surface area contributed by atoms with Crippen molar-refractivity contribution in [2.24, 2.45) is 0 Å². The van der Waals surface area contributed by atoms with Crippen LogP contribution in [0, 0.1) is 17.1 Å². The average molecular weight is 302 g/mol. The quantitative estimate of drug-likeness (QED) is 0.706. The number of hydrogen-bond acceptors (Lipinski definition) is 3. The van der Waals surface area contributed by atoms with Gasteiger partial charge >= 0.3 is 0 Å². The lowest BCUT2D eigenvalue weighted by atomic mass is 10.2. The number of halogens is 2. The van der Waals surface area contributed by atoms with E-state index in [1.54, 1.807) is 30.3 Å². The molecule has 0 bridgehead atoms. The molecule has 0 aliphatic rings. The van der Waals surface area contributed by atoms with E-state index in [2.05, 4.69) is 0 Å². The van der Waals surface area contributed by atoms with Crippen LogP contribution in [-0.4, -0.2) is 0 Å². The smallest absolute Gasteiger partial charge is 0.246 e. The first-order chi connectivity index (χ1) is 10.2. The molecular formula is C16H9ClFNO2. The van der Waals surface area contributed by atoms with Crippen LogP contribution < -0.4 is 4.74 Å². The normalized spacial score (nSPS) is 10.5. The summed E-state index contributed by atoms with van der Waals surface area (Å²) in [6, 6.07) is 13.4. The van der Waals surface area contributed by atoms with Crippen molar-refractivity contribution >= 4 is 22.6 Å². The van der Waals surface area contributed by atoms with Crippen LogP contribution in [0.25, 0.3) is 11.0 Å². The summed E-state index contributed by atoms with van der Waals surface area (Å²) in [5.41, 5.74) is 0.911. The number of hydrogen-bond donors (Lipinski definition) is 0. The zero-order chi connectivity index (χ0) is 14.8. The Morgan fingerprint density at radius 2 is 2.05 bits per heavy atom. The van der Waals surface area contributed by atoms with Gasteiger partial charge in [0, 0.05) is 10.6 Å². The zero-order valence-electron chi connectivity index (χ0n) is 10.8. The second-order valence-corrected chi connectivity index (χ2v) is 4.83. The largest absolute Gasteiger partial charge is 0.483 e. The molecule has 0 spiro atoms. The van der Waals surface area contributed by atoms with Gasteiger partial charge in [0.15, 0.2) is 5.75 Å². The maximum atomic E-state index is 13.7. The van der Waals surface area contributed by atoms with Crippen LogP contribution in [0.5, 0.6) is 5.75 Å². The molecular weight excluding hydrogens is 293 g/mol. The molecule has 0 saturated heterocycles. The SMILES string of the molecule is N#Cc1oc2ccccc2c1OCc1ccc(Cl)cc1F. The van der Waals surface area contributed by atoms with Crippen molar-refractivity contribution in [1.29, 1.82) is 5.26 Å². The maximum absolute atomic E-state index is 13.7. The third-order valence-corrected chi connectivity index (χ3v) is 3.27. The van der Waals surface area contributed by atoms with Crippen molar-refractivity contribution in [3.8, 4) is 11.8 Å². The van der Waals surface area contributed by atoms with Gasteiger partial charge in [-0.3, -0.25) is 0 Å². The predicted octanol–water partition coefficient (Wildman–Crippen LogP) is 4.68. The van der Waals surface area contributed by atoms with Crippen LogP contribution >= 0.6 is 11.6 Å². The molecule has 0 fully saturated rings. The van der Waals surface area contributed by atoms with Crippen molar-refractivity contribution in [3.63, 3.8) is 0 Å². The predicted molar refractivity (Wildman–Crippen MR) is 76.7 cm³/mol. The fourth-order valence-electron chi connectivity index (χ4n) is 2.03. The van der Waals surface area contributed by atoms with Gasteiger partial charge in [-0.1, -0.05) is 29.8 Å². The van der Waals surface area contributed by atoms with E-state index >= 15 is 0 Å². The number of nitriles is 1. The Labute approximate surface area is 125 Å². The summed E-state index contributed by atoms with van der Waals surface area (Å²) >= 11 is 5.70. The number of para-hydroxylation sites is 1. The number of furan rings is 1. The summed E-state index contributed by atoms with van der Waals surface area (Å²) in [7, 11) is 0. The highest BCUT2D eigenvalue weighted by Gasteiger charge is 2.15. The molecule has 0 saturated carbocycles. The minimum absolute atomic E-state index is 0.0127. The highest BCUT2D eigenvalue weighted by Crippen LogP contribution is 2.33. The minimum atomic E-state index is -0.450. The second-order valence-electron chi connectivity index (χ2n) is 4.39. The lowest BCUT2D eigenvalue weighted by Gasteiger charge is -2.06. The van der Waals surface area contributed by atoms with E-state index in [1.807, 2.05) is 12.1 Å². The van der Waals surface area contributed by atoms with E-state index in [4.69, 9.17) is 26.0 Å². The molecule has 3 rings (SSSR count). The summed E-state index contributed by atoms with van der Waals surface area (Å²) in [4.78, 5) is 0. The first-order valence-corrected chi connectivity index (χ1v) is 6.55. The summed E-state index contributed by atoms with van der Waals surface area (Å²) in [6.07, 6.45) is 0. The molecule has 1 heterocycles. The lowest BCUT2D eigenvalue weighted by Crippen LogP contribution is -1.99. The molecule has 0 amide bonds. The Morgan fingerprint density at radius 3 is 2.81 bits per heavy atom. The summed E-state index contributed by atoms with van der Waals surface area (Å²) in [6.45, 7) is -0.0127. The Balaban J connectivity index is 1.93. The van der Waals surface area contributed by atoms with Gasteiger partial charge in [-0.15, -0.1) is 0 Å².